The van der Waals surface area contributed by atoms with Crippen LogP contribution in [0.5, 0.6) is 0 Å². The number of hydrogen-bond donors (Lipinski definition) is 2. The predicted molar refractivity (Wildman–Crippen MR) is 141 cm³/mol. The number of aromatic nitrogens is 1. The number of halogens is 1. The van der Waals surface area contributed by atoms with E-state index in [9.17, 15) is 4.79 Å². The van der Waals surface area contributed by atoms with Crippen molar-refractivity contribution in [2.24, 2.45) is 0 Å². The Morgan fingerprint density at radius 2 is 1.91 bits per heavy atom. The molecule has 0 bridgehead atoms. The maximum atomic E-state index is 12.9. The van der Waals surface area contributed by atoms with E-state index in [1.165, 1.54) is 4.88 Å². The largest absolute Gasteiger partial charge is 0.352 e. The monoisotopic (exact) mass is 536 g/mol. The fourth-order valence-corrected chi connectivity index (χ4v) is 6.12. The zero-order valence-corrected chi connectivity index (χ0v) is 20.8. The van der Waals surface area contributed by atoms with E-state index in [4.69, 9.17) is 12.2 Å². The summed E-state index contributed by atoms with van der Waals surface area (Å²) in [4.78, 5) is 20.7. The number of rotatable bonds is 6. The van der Waals surface area contributed by atoms with E-state index in [2.05, 4.69) is 42.5 Å². The molecule has 1 saturated heterocycles. The minimum absolute atomic E-state index is 0.0333. The average molecular weight is 538 g/mol. The van der Waals surface area contributed by atoms with Crippen LogP contribution in [0.1, 0.15) is 29.1 Å². The molecule has 8 heteroatoms. The van der Waals surface area contributed by atoms with Gasteiger partial charge in [0.25, 0.3) is 0 Å². The van der Waals surface area contributed by atoms with Crippen LogP contribution in [0.2, 0.25) is 0 Å². The SMILES string of the molecule is O=C(CCN1C(=S)NC(c2ccccn2)C1c1ccc(Br)s1)Nc1cccc2ccccc12. The lowest BCUT2D eigenvalue weighted by molar-refractivity contribution is -0.116. The average Bonchev–Trinajstić information content (AvgIpc) is 3.41. The molecule has 3 heterocycles. The highest BCUT2D eigenvalue weighted by Gasteiger charge is 2.40. The van der Waals surface area contributed by atoms with Crippen LogP contribution in [0.25, 0.3) is 10.8 Å². The van der Waals surface area contributed by atoms with Gasteiger partial charge in [0.1, 0.15) is 0 Å². The topological polar surface area (TPSA) is 57.3 Å². The molecule has 5 rings (SSSR count). The first kappa shape index (κ1) is 22.0. The van der Waals surface area contributed by atoms with Gasteiger partial charge in [0.05, 0.1) is 21.6 Å². The number of carbonyl (C=O) groups excluding carboxylic acids is 1. The van der Waals surface area contributed by atoms with E-state index < -0.39 is 0 Å². The Kier molecular flexibility index (Phi) is 6.39. The van der Waals surface area contributed by atoms with Gasteiger partial charge in [-0.3, -0.25) is 9.78 Å². The van der Waals surface area contributed by atoms with Crippen LogP contribution in [0.15, 0.2) is 82.8 Å². The molecular weight excluding hydrogens is 516 g/mol. The van der Waals surface area contributed by atoms with Crippen LogP contribution < -0.4 is 10.6 Å². The number of hydrogen-bond acceptors (Lipinski definition) is 4. The molecule has 2 aromatic carbocycles. The summed E-state index contributed by atoms with van der Waals surface area (Å²) in [6, 6.07) is 23.9. The molecule has 1 amide bonds. The molecule has 0 saturated carbocycles. The van der Waals surface area contributed by atoms with Crippen molar-refractivity contribution < 1.29 is 4.79 Å². The van der Waals surface area contributed by atoms with Gasteiger partial charge in [-0.05, 0) is 63.9 Å². The first-order valence-corrected chi connectivity index (χ1v) is 12.6. The molecule has 2 atom stereocenters. The number of anilines is 1. The number of benzene rings is 2. The highest BCUT2D eigenvalue weighted by atomic mass is 79.9. The summed E-state index contributed by atoms with van der Waals surface area (Å²) in [5.41, 5.74) is 1.75. The van der Waals surface area contributed by atoms with Gasteiger partial charge < -0.3 is 15.5 Å². The van der Waals surface area contributed by atoms with Gasteiger partial charge in [0, 0.05) is 35.1 Å². The number of thiophene rings is 1. The Morgan fingerprint density at radius 1 is 1.09 bits per heavy atom. The Balaban J connectivity index is 1.35. The summed E-state index contributed by atoms with van der Waals surface area (Å²) < 4.78 is 1.06. The molecule has 33 heavy (non-hydrogen) atoms. The lowest BCUT2D eigenvalue weighted by atomic mass is 10.0. The van der Waals surface area contributed by atoms with Gasteiger partial charge in [0.2, 0.25) is 5.91 Å². The molecule has 166 valence electrons. The van der Waals surface area contributed by atoms with Crippen LogP contribution in [-0.4, -0.2) is 27.4 Å². The molecular formula is C25H21BrN4OS2. The summed E-state index contributed by atoms with van der Waals surface area (Å²) in [6.45, 7) is 0.506. The lowest BCUT2D eigenvalue weighted by Crippen LogP contribution is -2.32. The summed E-state index contributed by atoms with van der Waals surface area (Å²) in [5.74, 6) is -0.0402. The van der Waals surface area contributed by atoms with E-state index in [0.29, 0.717) is 18.1 Å². The maximum absolute atomic E-state index is 12.9. The minimum atomic E-state index is -0.0784. The fourth-order valence-electron chi connectivity index (χ4n) is 4.21. The number of carbonyl (C=O) groups is 1. The van der Waals surface area contributed by atoms with Gasteiger partial charge >= 0.3 is 0 Å². The van der Waals surface area contributed by atoms with Crippen LogP contribution in [0.3, 0.4) is 0 Å². The lowest BCUT2D eigenvalue weighted by Gasteiger charge is -2.26. The highest BCUT2D eigenvalue weighted by Crippen LogP contribution is 2.42. The number of thiocarbonyl (C=S) groups is 1. The van der Waals surface area contributed by atoms with Crippen molar-refractivity contribution in [2.75, 3.05) is 11.9 Å². The summed E-state index contributed by atoms with van der Waals surface area (Å²) in [6.07, 6.45) is 2.12. The Labute approximate surface area is 210 Å². The van der Waals surface area contributed by atoms with Crippen molar-refractivity contribution in [3.8, 4) is 0 Å². The van der Waals surface area contributed by atoms with Crippen molar-refractivity contribution in [3.05, 3.63) is 93.4 Å². The molecule has 2 aromatic heterocycles. The summed E-state index contributed by atoms with van der Waals surface area (Å²) in [5, 5.41) is 9.28. The summed E-state index contributed by atoms with van der Waals surface area (Å²) in [7, 11) is 0. The van der Waals surface area contributed by atoms with E-state index in [-0.39, 0.29) is 18.0 Å². The van der Waals surface area contributed by atoms with Crippen molar-refractivity contribution in [1.29, 1.82) is 0 Å². The van der Waals surface area contributed by atoms with E-state index in [1.54, 1.807) is 17.5 Å². The van der Waals surface area contributed by atoms with Crippen molar-refractivity contribution in [2.45, 2.75) is 18.5 Å². The minimum Gasteiger partial charge on any atom is -0.352 e. The molecule has 4 aromatic rings. The van der Waals surface area contributed by atoms with Gasteiger partial charge in [-0.25, -0.2) is 0 Å². The molecule has 1 aliphatic rings. The standard InChI is InChI=1S/C25H21BrN4OS2/c26-21-12-11-20(33-21)24-23(19-9-3-4-14-27-19)29-25(32)30(24)15-13-22(31)28-18-10-5-7-16-6-1-2-8-17(16)18/h1-12,14,23-24H,13,15H2,(H,28,31)(H,29,32). The van der Waals surface area contributed by atoms with Gasteiger partial charge in [-0.15, -0.1) is 11.3 Å². The molecule has 1 aliphatic heterocycles. The Bertz CT molecular complexity index is 1300. The zero-order valence-electron chi connectivity index (χ0n) is 17.6. The van der Waals surface area contributed by atoms with E-state index in [0.717, 1.165) is 25.9 Å². The van der Waals surface area contributed by atoms with Gasteiger partial charge in [-0.2, -0.15) is 0 Å². The second-order valence-electron chi connectivity index (χ2n) is 7.79. The number of fused-ring (bicyclic) bond motifs is 1. The van der Waals surface area contributed by atoms with Crippen LogP contribution in [0, 0.1) is 0 Å². The quantitative estimate of drug-likeness (QED) is 0.293. The molecule has 5 nitrogen and oxygen atoms in total. The highest BCUT2D eigenvalue weighted by molar-refractivity contribution is 9.11. The fraction of sp³-hybridized carbons (Fsp3) is 0.160. The third-order valence-electron chi connectivity index (χ3n) is 5.73. The molecule has 0 radical (unpaired) electrons. The Morgan fingerprint density at radius 3 is 2.70 bits per heavy atom. The molecule has 0 spiro atoms. The van der Waals surface area contributed by atoms with Crippen molar-refractivity contribution in [3.63, 3.8) is 0 Å². The van der Waals surface area contributed by atoms with E-state index >= 15 is 0 Å². The second kappa shape index (κ2) is 9.59. The molecule has 2 unspecified atom stereocenters. The number of pyridine rings is 1. The third-order valence-corrected chi connectivity index (χ3v) is 7.77. The smallest absolute Gasteiger partial charge is 0.226 e. The van der Waals surface area contributed by atoms with E-state index in [1.807, 2.05) is 66.7 Å². The zero-order chi connectivity index (χ0) is 22.8. The third kappa shape index (κ3) is 4.64. The normalized spacial score (nSPS) is 17.8. The summed E-state index contributed by atoms with van der Waals surface area (Å²) >= 11 is 10.9. The molecule has 2 N–H and O–H groups in total. The van der Waals surface area contributed by atoms with Crippen LogP contribution in [0.4, 0.5) is 5.69 Å². The Hall–Kier alpha value is -2.81. The van der Waals surface area contributed by atoms with Crippen LogP contribution >= 0.6 is 39.5 Å². The molecule has 1 fully saturated rings. The maximum Gasteiger partial charge on any atom is 0.226 e. The number of nitrogens with one attached hydrogen (secondary N) is 2. The molecule has 0 aliphatic carbocycles. The van der Waals surface area contributed by atoms with Crippen molar-refractivity contribution in [1.82, 2.24) is 15.2 Å². The van der Waals surface area contributed by atoms with Gasteiger partial charge in [-0.1, -0.05) is 42.5 Å². The number of amides is 1. The van der Waals surface area contributed by atoms with Crippen LogP contribution in [-0.2, 0) is 4.79 Å². The number of nitrogens with zero attached hydrogens (tertiary/aromatic N) is 2. The second-order valence-corrected chi connectivity index (χ2v) is 10.7. The first-order chi connectivity index (χ1) is 16.1. The first-order valence-electron chi connectivity index (χ1n) is 10.6. The van der Waals surface area contributed by atoms with Crippen molar-refractivity contribution >= 4 is 67.0 Å². The predicted octanol–water partition coefficient (Wildman–Crippen LogP) is 6.06. The van der Waals surface area contributed by atoms with Gasteiger partial charge in [0.15, 0.2) is 5.11 Å².